The molecule has 0 radical (unpaired) electrons. The van der Waals surface area contributed by atoms with Crippen LogP contribution in [0, 0.1) is 0 Å². The summed E-state index contributed by atoms with van der Waals surface area (Å²) in [6.45, 7) is 3.75. The SMILES string of the molecule is CCCCSC(C)C(=O)[O-]. The summed E-state index contributed by atoms with van der Waals surface area (Å²) < 4.78 is 0. The van der Waals surface area contributed by atoms with E-state index < -0.39 is 5.97 Å². The van der Waals surface area contributed by atoms with E-state index in [4.69, 9.17) is 0 Å². The summed E-state index contributed by atoms with van der Waals surface area (Å²) in [6.07, 6.45) is 2.20. The van der Waals surface area contributed by atoms with Gasteiger partial charge in [0.15, 0.2) is 0 Å². The van der Waals surface area contributed by atoms with Crippen molar-refractivity contribution in [2.24, 2.45) is 0 Å². The fourth-order valence-electron chi connectivity index (χ4n) is 0.472. The van der Waals surface area contributed by atoms with Crippen molar-refractivity contribution in [3.05, 3.63) is 0 Å². The Labute approximate surface area is 66.0 Å². The van der Waals surface area contributed by atoms with Gasteiger partial charge in [-0.15, -0.1) is 0 Å². The molecule has 0 bridgehead atoms. The van der Waals surface area contributed by atoms with E-state index in [2.05, 4.69) is 6.92 Å². The molecule has 0 saturated carbocycles. The first-order valence-electron chi connectivity index (χ1n) is 3.51. The molecule has 0 heterocycles. The maximum Gasteiger partial charge on any atom is 0.0541 e. The molecule has 0 aromatic heterocycles. The Morgan fingerprint density at radius 1 is 1.70 bits per heavy atom. The molecule has 1 unspecified atom stereocenters. The minimum absolute atomic E-state index is 0.355. The van der Waals surface area contributed by atoms with Crippen molar-refractivity contribution in [3.8, 4) is 0 Å². The van der Waals surface area contributed by atoms with Crippen LogP contribution >= 0.6 is 11.8 Å². The van der Waals surface area contributed by atoms with Crippen LogP contribution in [0.3, 0.4) is 0 Å². The summed E-state index contributed by atoms with van der Waals surface area (Å²) in [7, 11) is 0. The van der Waals surface area contributed by atoms with Crippen molar-refractivity contribution in [2.45, 2.75) is 31.9 Å². The highest BCUT2D eigenvalue weighted by Gasteiger charge is 2.00. The maximum absolute atomic E-state index is 10.2. The van der Waals surface area contributed by atoms with E-state index in [1.54, 1.807) is 6.92 Å². The van der Waals surface area contributed by atoms with Crippen molar-refractivity contribution >= 4 is 17.7 Å². The molecule has 1 atom stereocenters. The second kappa shape index (κ2) is 5.59. The Bertz CT molecular complexity index is 104. The third kappa shape index (κ3) is 4.68. The van der Waals surface area contributed by atoms with Crippen LogP contribution in [0.15, 0.2) is 0 Å². The van der Waals surface area contributed by atoms with E-state index in [0.717, 1.165) is 18.6 Å². The highest BCUT2D eigenvalue weighted by atomic mass is 32.2. The standard InChI is InChI=1S/C7H14O2S/c1-3-4-5-10-6(2)7(8)9/h6H,3-5H2,1-2H3,(H,8,9)/p-1. The summed E-state index contributed by atoms with van der Waals surface area (Å²) in [6, 6.07) is 0. The lowest BCUT2D eigenvalue weighted by Gasteiger charge is -2.10. The number of thioether (sulfide) groups is 1. The molecule has 0 rings (SSSR count). The molecule has 10 heavy (non-hydrogen) atoms. The second-order valence-corrected chi connectivity index (χ2v) is 3.63. The second-order valence-electron chi connectivity index (χ2n) is 2.19. The first-order chi connectivity index (χ1) is 4.68. The number of unbranched alkanes of at least 4 members (excludes halogenated alkanes) is 1. The summed E-state index contributed by atoms with van der Waals surface area (Å²) in [5.41, 5.74) is 0. The molecule has 0 aliphatic rings. The molecule has 0 fully saturated rings. The van der Waals surface area contributed by atoms with Crippen molar-refractivity contribution in [1.82, 2.24) is 0 Å². The fraction of sp³-hybridized carbons (Fsp3) is 0.857. The average Bonchev–Trinajstić information content (AvgIpc) is 1.88. The van der Waals surface area contributed by atoms with Crippen LogP contribution in [-0.4, -0.2) is 17.0 Å². The van der Waals surface area contributed by atoms with Crippen LogP contribution in [0.5, 0.6) is 0 Å². The Morgan fingerprint density at radius 3 is 2.70 bits per heavy atom. The first-order valence-corrected chi connectivity index (χ1v) is 4.55. The molecule has 0 spiro atoms. The minimum Gasteiger partial charge on any atom is -0.549 e. The summed E-state index contributed by atoms with van der Waals surface area (Å²) in [4.78, 5) is 10.2. The third-order valence-corrected chi connectivity index (χ3v) is 2.41. The number of carbonyl (C=O) groups excluding carboxylic acids is 1. The summed E-state index contributed by atoms with van der Waals surface area (Å²) in [5.74, 6) is -0.0350. The maximum atomic E-state index is 10.2. The molecule has 0 aliphatic heterocycles. The number of hydrogen-bond donors (Lipinski definition) is 0. The third-order valence-electron chi connectivity index (χ3n) is 1.20. The molecule has 0 aliphatic carbocycles. The van der Waals surface area contributed by atoms with Gasteiger partial charge in [-0.2, -0.15) is 11.8 Å². The number of carbonyl (C=O) groups is 1. The number of hydrogen-bond acceptors (Lipinski definition) is 3. The van der Waals surface area contributed by atoms with Crippen molar-refractivity contribution in [3.63, 3.8) is 0 Å². The van der Waals surface area contributed by atoms with Gasteiger partial charge in [0.05, 0.1) is 5.97 Å². The van der Waals surface area contributed by atoms with Crippen LogP contribution < -0.4 is 5.11 Å². The van der Waals surface area contributed by atoms with E-state index in [0.29, 0.717) is 0 Å². The van der Waals surface area contributed by atoms with Gasteiger partial charge in [0.25, 0.3) is 0 Å². The Morgan fingerprint density at radius 2 is 2.30 bits per heavy atom. The predicted octanol–water partition coefficient (Wildman–Crippen LogP) is 0.658. The molecule has 0 amide bonds. The lowest BCUT2D eigenvalue weighted by molar-refractivity contribution is -0.304. The molecule has 0 saturated heterocycles. The molecule has 0 aromatic carbocycles. The van der Waals surface area contributed by atoms with Gasteiger partial charge in [0.1, 0.15) is 0 Å². The Hall–Kier alpha value is -0.180. The number of carboxylic acids is 1. The van der Waals surface area contributed by atoms with Gasteiger partial charge >= 0.3 is 0 Å². The zero-order valence-corrected chi connectivity index (χ0v) is 7.24. The van der Waals surface area contributed by atoms with Crippen LogP contribution in [0.2, 0.25) is 0 Å². The van der Waals surface area contributed by atoms with E-state index in [1.807, 2.05) is 0 Å². The molecule has 3 heteroatoms. The van der Waals surface area contributed by atoms with E-state index in [-0.39, 0.29) is 5.25 Å². The van der Waals surface area contributed by atoms with Gasteiger partial charge in [0.2, 0.25) is 0 Å². The zero-order valence-electron chi connectivity index (χ0n) is 6.42. The van der Waals surface area contributed by atoms with E-state index in [9.17, 15) is 9.90 Å². The fourth-order valence-corrected chi connectivity index (χ4v) is 1.42. The lowest BCUT2D eigenvalue weighted by atomic mass is 10.4. The summed E-state index contributed by atoms with van der Waals surface area (Å²) >= 11 is 1.45. The number of rotatable bonds is 5. The topological polar surface area (TPSA) is 40.1 Å². The normalized spacial score (nSPS) is 13.0. The molecule has 0 N–H and O–H groups in total. The van der Waals surface area contributed by atoms with Crippen LogP contribution in [-0.2, 0) is 4.79 Å². The van der Waals surface area contributed by atoms with Crippen molar-refractivity contribution in [2.75, 3.05) is 5.75 Å². The first kappa shape index (κ1) is 9.82. The quantitative estimate of drug-likeness (QED) is 0.556. The monoisotopic (exact) mass is 161 g/mol. The van der Waals surface area contributed by atoms with Crippen LogP contribution in [0.25, 0.3) is 0 Å². The van der Waals surface area contributed by atoms with Gasteiger partial charge in [-0.25, -0.2) is 0 Å². The minimum atomic E-state index is -0.957. The smallest absolute Gasteiger partial charge is 0.0541 e. The highest BCUT2D eigenvalue weighted by molar-refractivity contribution is 8.00. The van der Waals surface area contributed by atoms with Crippen molar-refractivity contribution < 1.29 is 9.90 Å². The van der Waals surface area contributed by atoms with Gasteiger partial charge in [0, 0.05) is 5.25 Å². The number of aliphatic carboxylic acids is 1. The van der Waals surface area contributed by atoms with Gasteiger partial charge in [-0.05, 0) is 19.1 Å². The molecule has 2 nitrogen and oxygen atoms in total. The van der Waals surface area contributed by atoms with Gasteiger partial charge in [-0.1, -0.05) is 13.3 Å². The zero-order chi connectivity index (χ0) is 7.98. The average molecular weight is 161 g/mol. The Kier molecular flexibility index (Phi) is 5.49. The molecular weight excluding hydrogens is 148 g/mol. The number of carboxylic acid groups (broad SMARTS) is 1. The summed E-state index contributed by atoms with van der Waals surface area (Å²) in [5, 5.41) is 9.81. The lowest BCUT2D eigenvalue weighted by Crippen LogP contribution is -2.31. The predicted molar refractivity (Wildman–Crippen MR) is 41.8 cm³/mol. The Balaban J connectivity index is 3.21. The van der Waals surface area contributed by atoms with Crippen LogP contribution in [0.1, 0.15) is 26.7 Å². The van der Waals surface area contributed by atoms with E-state index >= 15 is 0 Å². The molecule has 60 valence electrons. The van der Waals surface area contributed by atoms with Gasteiger partial charge < -0.3 is 9.90 Å². The van der Waals surface area contributed by atoms with E-state index in [1.165, 1.54) is 11.8 Å². The largest absolute Gasteiger partial charge is 0.549 e. The van der Waals surface area contributed by atoms with Crippen molar-refractivity contribution in [1.29, 1.82) is 0 Å². The highest BCUT2D eigenvalue weighted by Crippen LogP contribution is 2.11. The molecule has 0 aromatic rings. The molecular formula is C7H13O2S-. The van der Waals surface area contributed by atoms with Gasteiger partial charge in [-0.3, -0.25) is 0 Å². The van der Waals surface area contributed by atoms with Crippen LogP contribution in [0.4, 0.5) is 0 Å².